The summed E-state index contributed by atoms with van der Waals surface area (Å²) in [5, 5.41) is 10.0. The second kappa shape index (κ2) is 24.6. The average molecular weight is 1150 g/mol. The zero-order chi connectivity index (χ0) is 58.6. The van der Waals surface area contributed by atoms with E-state index in [2.05, 4.69) is 36.9 Å². The molecule has 1 aromatic heterocycles. The molecule has 0 radical (unpaired) electrons. The smallest absolute Gasteiger partial charge is 0.432 e. The van der Waals surface area contributed by atoms with Crippen molar-refractivity contribution in [3.63, 3.8) is 0 Å². The van der Waals surface area contributed by atoms with Crippen molar-refractivity contribution in [3.05, 3.63) is 112 Å². The maximum absolute atomic E-state index is 15.7. The van der Waals surface area contributed by atoms with E-state index in [1.54, 1.807) is 36.2 Å². The number of unbranched alkanes of at least 4 members (excludes halogenated alkanes) is 4. The number of carbonyl (C=O) groups excluding carboxylic acids is 8. The summed E-state index contributed by atoms with van der Waals surface area (Å²) in [5.74, 6) is 3.05. The Balaban J connectivity index is 0.850. The van der Waals surface area contributed by atoms with Crippen LogP contribution in [0.1, 0.15) is 132 Å². The van der Waals surface area contributed by atoms with E-state index in [1.807, 2.05) is 19.1 Å². The molecule has 7 amide bonds. The Kier molecular flexibility index (Phi) is 17.6. The Hall–Kier alpha value is -8.06. The van der Waals surface area contributed by atoms with Gasteiger partial charge < -0.3 is 43.8 Å². The monoisotopic (exact) mass is 1150 g/mol. The number of nitrogens with one attached hydrogen (secondary N) is 2. The first kappa shape index (κ1) is 58.6. The van der Waals surface area contributed by atoms with E-state index in [0.717, 1.165) is 42.5 Å². The Morgan fingerprint density at radius 1 is 0.963 bits per heavy atom. The summed E-state index contributed by atoms with van der Waals surface area (Å²) in [6.45, 7) is 3.96. The molecular weight excluding hydrogens is 1090 g/mol. The van der Waals surface area contributed by atoms with E-state index in [-0.39, 0.29) is 66.8 Å². The van der Waals surface area contributed by atoms with Crippen LogP contribution in [0.2, 0.25) is 0 Å². The first-order valence-corrected chi connectivity index (χ1v) is 28.7. The quantitative estimate of drug-likeness (QED) is 0.0206. The summed E-state index contributed by atoms with van der Waals surface area (Å²) in [5.41, 5.74) is -2.37. The SMILES string of the molecule is Cc1ccc2onc(C(=O)N3CC[C@H]4CC[C@@H](C(=O)N(C)CCCCCCC#Cc5cccc6c5CN(C5CCC(=O)NC5=O)C6=O)N4C(=O)[C@@H](NC(=O)c4ccc5ccc(C(F)(F)P(=O)(O)OCOC(=O)OC(C)C)cc5c4)C3)c2c1. The predicted molar refractivity (Wildman–Crippen MR) is 291 cm³/mol. The van der Waals surface area contributed by atoms with Crippen LogP contribution in [0.25, 0.3) is 21.7 Å². The fourth-order valence-electron chi connectivity index (χ4n) is 10.8. The van der Waals surface area contributed by atoms with E-state index in [9.17, 15) is 47.8 Å². The molecule has 3 saturated heterocycles. The minimum atomic E-state index is -5.84. The lowest BCUT2D eigenvalue weighted by Crippen LogP contribution is -2.61. The summed E-state index contributed by atoms with van der Waals surface area (Å²) in [6, 6.07) is 14.3. The fraction of sp³-hybridized carbons (Fsp3) is 0.431. The molecule has 21 nitrogen and oxygen atoms in total. The van der Waals surface area contributed by atoms with Crippen LogP contribution >= 0.6 is 7.60 Å². The number of fused-ring (bicyclic) bond motifs is 4. The number of benzene rings is 4. The van der Waals surface area contributed by atoms with Crippen LogP contribution in [0, 0.1) is 18.8 Å². The van der Waals surface area contributed by atoms with Crippen LogP contribution < -0.4 is 10.6 Å². The Morgan fingerprint density at radius 2 is 1.74 bits per heavy atom. The summed E-state index contributed by atoms with van der Waals surface area (Å²) in [7, 11) is -4.17. The number of imide groups is 1. The second-order valence-corrected chi connectivity index (χ2v) is 23.1. The molecule has 9 rings (SSSR count). The second-order valence-electron chi connectivity index (χ2n) is 21.2. The van der Waals surface area contributed by atoms with Gasteiger partial charge in [0.05, 0.1) is 18.0 Å². The third kappa shape index (κ3) is 12.5. The van der Waals surface area contributed by atoms with Crippen LogP contribution in [0.4, 0.5) is 13.6 Å². The highest BCUT2D eigenvalue weighted by molar-refractivity contribution is 7.53. The van der Waals surface area contributed by atoms with Crippen LogP contribution in [0.15, 0.2) is 77.3 Å². The van der Waals surface area contributed by atoms with Crippen molar-refractivity contribution >= 4 is 76.8 Å². The van der Waals surface area contributed by atoms with E-state index >= 15 is 8.78 Å². The van der Waals surface area contributed by atoms with Crippen LogP contribution in [-0.2, 0) is 49.9 Å². The molecule has 3 fully saturated rings. The highest BCUT2D eigenvalue weighted by Gasteiger charge is 2.53. The topological polar surface area (TPSA) is 265 Å². The predicted octanol–water partition coefficient (Wildman–Crippen LogP) is 7.29. The maximum Gasteiger partial charge on any atom is 0.510 e. The summed E-state index contributed by atoms with van der Waals surface area (Å²) < 4.78 is 63.4. The molecule has 0 aliphatic carbocycles. The maximum atomic E-state index is 15.7. The Bertz CT molecular complexity index is 3490. The van der Waals surface area contributed by atoms with E-state index in [4.69, 9.17) is 9.26 Å². The van der Waals surface area contributed by atoms with E-state index in [0.29, 0.717) is 66.1 Å². The highest BCUT2D eigenvalue weighted by Crippen LogP contribution is 2.63. The van der Waals surface area contributed by atoms with Crippen molar-refractivity contribution < 1.29 is 75.1 Å². The third-order valence-corrected chi connectivity index (χ3v) is 16.6. The van der Waals surface area contributed by atoms with Gasteiger partial charge >= 0.3 is 19.4 Å². The summed E-state index contributed by atoms with van der Waals surface area (Å²) in [6.07, 6.45) is 3.23. The number of hydrogen-bond donors (Lipinski definition) is 3. The van der Waals surface area contributed by atoms with E-state index in [1.165, 1.54) is 52.8 Å². The number of rotatable bonds is 17. The lowest BCUT2D eigenvalue weighted by atomic mass is 10.0. The van der Waals surface area contributed by atoms with Gasteiger partial charge in [-0.15, -0.1) is 0 Å². The van der Waals surface area contributed by atoms with Crippen LogP contribution in [0.5, 0.6) is 0 Å². The molecular formula is C58H62F2N7O14P. The number of piperidine rings is 1. The largest absolute Gasteiger partial charge is 0.510 e. The number of aryl methyl sites for hydroxylation is 1. The van der Waals surface area contributed by atoms with Gasteiger partial charge in [0.1, 0.15) is 18.1 Å². The van der Waals surface area contributed by atoms with Crippen molar-refractivity contribution in [1.82, 2.24) is 35.4 Å². The zero-order valence-corrected chi connectivity index (χ0v) is 46.5. The van der Waals surface area contributed by atoms with Crippen molar-refractivity contribution in [3.8, 4) is 11.8 Å². The molecule has 5 atom stereocenters. The van der Waals surface area contributed by atoms with Crippen molar-refractivity contribution in [2.24, 2.45) is 0 Å². The van der Waals surface area contributed by atoms with Gasteiger partial charge in [0.25, 0.3) is 17.7 Å². The molecule has 0 spiro atoms. The van der Waals surface area contributed by atoms with Crippen molar-refractivity contribution in [1.29, 1.82) is 0 Å². The van der Waals surface area contributed by atoms with Crippen molar-refractivity contribution in [2.45, 2.75) is 127 Å². The third-order valence-electron chi connectivity index (χ3n) is 15.2. The molecule has 0 saturated carbocycles. The molecule has 5 heterocycles. The molecule has 4 aromatic carbocycles. The molecule has 4 aliphatic heterocycles. The van der Waals surface area contributed by atoms with Gasteiger partial charge in [-0.2, -0.15) is 8.78 Å². The number of alkyl halides is 2. The molecule has 0 bridgehead atoms. The van der Waals surface area contributed by atoms with Crippen LogP contribution in [0.3, 0.4) is 0 Å². The normalized spacial score (nSPS) is 19.9. The standard InChI is InChI=1S/C58H62F2N7O14P/c1-34(2)80-57(75)78-33-79-82(76,77)58(59,60)40-19-18-36-16-17-38(29-39(36)30-40)51(69)61-45-32-65(56(74)50-43-28-35(3)15-23-48(43)81-63-50)27-25-41-20-21-47(67(41)54(45)72)55(73)64(4)26-10-8-6-5-7-9-12-37-13-11-14-42-44(37)31-66(53(42)71)46-22-24-49(68)62-52(46)70/h11,13-19,23,28-30,34,41,45-47H,5-8,10,20-22,24-27,31-33H2,1-4H3,(H,61,69)(H,76,77)(H,62,68,70)/t41-,45+,46?,47+/m1/s1. The Morgan fingerprint density at radius 3 is 2.52 bits per heavy atom. The first-order valence-electron chi connectivity index (χ1n) is 27.1. The number of likely N-dealkylation sites (N-methyl/N-ethyl adjacent to an activating group) is 1. The number of ether oxygens (including phenoxy) is 2. The number of carbonyl (C=O) groups is 8. The average Bonchev–Trinajstić information content (AvgIpc) is 4.29. The number of amides is 7. The van der Waals surface area contributed by atoms with Gasteiger partial charge in [-0.05, 0) is 118 Å². The summed E-state index contributed by atoms with van der Waals surface area (Å²) in [4.78, 5) is 124. The fourth-order valence-corrected chi connectivity index (χ4v) is 11.7. The first-order chi connectivity index (χ1) is 39.1. The van der Waals surface area contributed by atoms with Crippen molar-refractivity contribution in [2.75, 3.05) is 33.5 Å². The van der Waals surface area contributed by atoms with Gasteiger partial charge in [-0.3, -0.25) is 48.0 Å². The highest BCUT2D eigenvalue weighted by atomic mass is 31.2. The lowest BCUT2D eigenvalue weighted by Gasteiger charge is -2.39. The molecule has 2 unspecified atom stereocenters. The molecule has 24 heteroatoms. The van der Waals surface area contributed by atoms with Gasteiger partial charge in [0, 0.05) is 67.8 Å². The molecule has 82 heavy (non-hydrogen) atoms. The zero-order valence-electron chi connectivity index (χ0n) is 45.6. The summed E-state index contributed by atoms with van der Waals surface area (Å²) >= 11 is 0. The Labute approximate surface area is 470 Å². The number of halogens is 2. The lowest BCUT2D eigenvalue weighted by molar-refractivity contribution is -0.146. The minimum Gasteiger partial charge on any atom is -0.432 e. The van der Waals surface area contributed by atoms with Gasteiger partial charge in [-0.25, -0.2) is 4.79 Å². The number of nitrogens with zero attached hydrogens (tertiary/aromatic N) is 5. The molecule has 5 aromatic rings. The number of aromatic nitrogens is 1. The van der Waals surface area contributed by atoms with E-state index < -0.39 is 85.7 Å². The molecule has 4 aliphatic rings. The molecule has 3 N–H and O–H groups in total. The van der Waals surface area contributed by atoms with Gasteiger partial charge in [-0.1, -0.05) is 65.7 Å². The minimum absolute atomic E-state index is 0.0132. The van der Waals surface area contributed by atoms with Crippen LogP contribution in [-0.4, -0.2) is 141 Å². The number of hydrogen-bond acceptors (Lipinski definition) is 14. The molecule has 432 valence electrons. The van der Waals surface area contributed by atoms with Gasteiger partial charge in [0.15, 0.2) is 11.3 Å². The van der Waals surface area contributed by atoms with Gasteiger partial charge in [0.2, 0.25) is 30.4 Å².